The lowest BCUT2D eigenvalue weighted by atomic mass is 10.0. The van der Waals surface area contributed by atoms with Gasteiger partial charge in [-0.3, -0.25) is 4.40 Å². The van der Waals surface area contributed by atoms with Gasteiger partial charge in [-0.25, -0.2) is 4.98 Å². The lowest BCUT2D eigenvalue weighted by Gasteiger charge is -2.12. The lowest BCUT2D eigenvalue weighted by Crippen LogP contribution is -1.99. The molecule has 0 fully saturated rings. The Labute approximate surface area is 485 Å². The molecule has 17 aromatic rings. The maximum atomic E-state index is 5.32. The summed E-state index contributed by atoms with van der Waals surface area (Å²) in [6, 6.07) is 111. The second-order valence-electron chi connectivity index (χ2n) is 22.0. The molecule has 84 heavy (non-hydrogen) atoms. The molecule has 17 rings (SSSR count). The molecule has 392 valence electrons. The monoisotopic (exact) mass is 1070 g/mol. The van der Waals surface area contributed by atoms with Crippen molar-refractivity contribution in [2.75, 3.05) is 0 Å². The summed E-state index contributed by atoms with van der Waals surface area (Å²) in [5.41, 5.74) is 24.7. The predicted molar refractivity (Wildman–Crippen MR) is 351 cm³/mol. The van der Waals surface area contributed by atoms with E-state index in [1.54, 1.807) is 0 Å². The average Bonchev–Trinajstić information content (AvgIpc) is 3.31. The van der Waals surface area contributed by atoms with Crippen molar-refractivity contribution in [1.82, 2.24) is 23.1 Å². The molecule has 0 bridgehead atoms. The fraction of sp³-hybridized carbons (Fsp3) is 0. The topological polar surface area (TPSA) is 32.1 Å². The number of hydrogen-bond acceptors (Lipinski definition) is 1. The van der Waals surface area contributed by atoms with Crippen molar-refractivity contribution < 1.29 is 0 Å². The first kappa shape index (κ1) is 47.5. The molecule has 0 amide bonds. The molecule has 5 nitrogen and oxygen atoms in total. The van der Waals surface area contributed by atoms with Crippen molar-refractivity contribution in [3.8, 4) is 84.1 Å². The number of pyridine rings is 1. The van der Waals surface area contributed by atoms with Crippen LogP contribution in [0.2, 0.25) is 0 Å². The number of aromatic nitrogens is 5. The second kappa shape index (κ2) is 19.2. The lowest BCUT2D eigenvalue weighted by molar-refractivity contribution is 1.10. The van der Waals surface area contributed by atoms with E-state index in [2.05, 4.69) is 328 Å². The number of nitrogens with zero attached hydrogens (tertiary/aromatic N) is 5. The first-order chi connectivity index (χ1) is 41.6. The predicted octanol–water partition coefficient (Wildman–Crippen LogP) is 20.6. The molecule has 0 radical (unpaired) electrons. The minimum Gasteiger partial charge on any atom is -0.309 e. The Morgan fingerprint density at radius 3 is 0.857 bits per heavy atom. The Morgan fingerprint density at radius 2 is 0.500 bits per heavy atom. The van der Waals surface area contributed by atoms with Gasteiger partial charge >= 0.3 is 0 Å². The van der Waals surface area contributed by atoms with Crippen LogP contribution >= 0.6 is 0 Å². The summed E-state index contributed by atoms with van der Waals surface area (Å²) in [4.78, 5) is 5.32. The van der Waals surface area contributed by atoms with Gasteiger partial charge < -0.3 is 13.7 Å². The Kier molecular flexibility index (Phi) is 10.9. The summed E-state index contributed by atoms with van der Waals surface area (Å²) in [6.45, 7) is 0. The molecule has 0 unspecified atom stereocenters. The van der Waals surface area contributed by atoms with Crippen LogP contribution in [0.3, 0.4) is 0 Å². The van der Waals surface area contributed by atoms with Gasteiger partial charge in [-0.05, 0) is 142 Å². The maximum absolute atomic E-state index is 5.32. The molecule has 5 heterocycles. The van der Waals surface area contributed by atoms with Crippen LogP contribution in [0, 0.1) is 0 Å². The van der Waals surface area contributed by atoms with Crippen molar-refractivity contribution in [2.24, 2.45) is 0 Å². The smallest absolute Gasteiger partial charge is 0.138 e. The van der Waals surface area contributed by atoms with E-state index in [9.17, 15) is 0 Å². The third-order valence-electron chi connectivity index (χ3n) is 17.2. The number of fused-ring (bicyclic) bond motifs is 10. The molecule has 0 aliphatic rings. The summed E-state index contributed by atoms with van der Waals surface area (Å²) in [7, 11) is 0. The molecule has 0 aliphatic heterocycles. The van der Waals surface area contributed by atoms with Crippen molar-refractivity contribution in [3.05, 3.63) is 310 Å². The number of rotatable bonds is 9. The molecule has 0 atom stereocenters. The largest absolute Gasteiger partial charge is 0.309 e. The van der Waals surface area contributed by atoms with Crippen LogP contribution in [0.25, 0.3) is 155 Å². The van der Waals surface area contributed by atoms with Crippen LogP contribution in [0.1, 0.15) is 0 Å². The van der Waals surface area contributed by atoms with Crippen LogP contribution in [0.4, 0.5) is 0 Å². The Hall–Kier alpha value is -11.3. The Balaban J connectivity index is 0.925. The van der Waals surface area contributed by atoms with Crippen molar-refractivity contribution in [2.45, 2.75) is 0 Å². The minimum atomic E-state index is 0.885. The summed E-state index contributed by atoms with van der Waals surface area (Å²) < 4.78 is 9.67. The molecule has 0 N–H and O–H groups in total. The molecular weight excluding hydrogens is 1020 g/mol. The Bertz CT molecular complexity index is 4930. The van der Waals surface area contributed by atoms with Gasteiger partial charge in [0, 0.05) is 61.0 Å². The first-order valence-electron chi connectivity index (χ1n) is 28.8. The zero-order valence-electron chi connectivity index (χ0n) is 45.7. The van der Waals surface area contributed by atoms with E-state index in [4.69, 9.17) is 4.98 Å². The van der Waals surface area contributed by atoms with E-state index < -0.39 is 0 Å². The van der Waals surface area contributed by atoms with Gasteiger partial charge in [0.25, 0.3) is 0 Å². The zero-order valence-corrected chi connectivity index (χ0v) is 45.7. The third-order valence-corrected chi connectivity index (χ3v) is 17.2. The van der Waals surface area contributed by atoms with Crippen molar-refractivity contribution in [1.29, 1.82) is 0 Å². The van der Waals surface area contributed by atoms with Gasteiger partial charge in [-0.15, -0.1) is 0 Å². The van der Waals surface area contributed by atoms with Gasteiger partial charge in [0.1, 0.15) is 5.65 Å². The highest BCUT2D eigenvalue weighted by Gasteiger charge is 2.23. The quantitative estimate of drug-likeness (QED) is 0.142. The van der Waals surface area contributed by atoms with Crippen LogP contribution in [0.15, 0.2) is 310 Å². The third kappa shape index (κ3) is 7.67. The second-order valence-corrected chi connectivity index (χ2v) is 22.0. The highest BCUT2D eigenvalue weighted by atomic mass is 15.1. The molecule has 0 saturated heterocycles. The summed E-state index contributed by atoms with van der Waals surface area (Å²) >= 11 is 0. The van der Waals surface area contributed by atoms with Crippen molar-refractivity contribution in [3.63, 3.8) is 0 Å². The highest BCUT2D eigenvalue weighted by Crippen LogP contribution is 2.43. The van der Waals surface area contributed by atoms with Crippen LogP contribution in [-0.2, 0) is 0 Å². The van der Waals surface area contributed by atoms with Gasteiger partial charge in [-0.1, -0.05) is 206 Å². The van der Waals surface area contributed by atoms with Crippen LogP contribution in [-0.4, -0.2) is 23.1 Å². The number of benzene rings is 12. The van der Waals surface area contributed by atoms with E-state index in [1.165, 1.54) is 66.1 Å². The fourth-order valence-electron chi connectivity index (χ4n) is 13.2. The van der Waals surface area contributed by atoms with E-state index >= 15 is 0 Å². The van der Waals surface area contributed by atoms with E-state index in [-0.39, 0.29) is 0 Å². The summed E-state index contributed by atoms with van der Waals surface area (Å²) in [5, 5.41) is 7.15. The zero-order chi connectivity index (χ0) is 55.2. The van der Waals surface area contributed by atoms with Crippen LogP contribution < -0.4 is 0 Å². The fourth-order valence-corrected chi connectivity index (χ4v) is 13.2. The van der Waals surface area contributed by atoms with Gasteiger partial charge in [0.15, 0.2) is 0 Å². The number of hydrogen-bond donors (Lipinski definition) is 0. The molecule has 12 aromatic carbocycles. The van der Waals surface area contributed by atoms with Crippen molar-refractivity contribution >= 4 is 71.1 Å². The van der Waals surface area contributed by atoms with E-state index in [0.29, 0.717) is 0 Å². The highest BCUT2D eigenvalue weighted by molar-refractivity contribution is 6.15. The summed E-state index contributed by atoms with van der Waals surface area (Å²) in [5.74, 6) is 0. The normalized spacial score (nSPS) is 11.8. The Morgan fingerprint density at radius 1 is 0.214 bits per heavy atom. The van der Waals surface area contributed by atoms with E-state index in [0.717, 1.165) is 89.1 Å². The van der Waals surface area contributed by atoms with E-state index in [1.807, 2.05) is 0 Å². The molecule has 0 spiro atoms. The minimum absolute atomic E-state index is 0.885. The molecule has 0 saturated carbocycles. The summed E-state index contributed by atoms with van der Waals surface area (Å²) in [6.07, 6.45) is 2.28. The number of imidazole rings is 1. The molecule has 5 heteroatoms. The molecular formula is C79H51N5. The molecule has 5 aromatic heterocycles. The van der Waals surface area contributed by atoms with Gasteiger partial charge in [0.05, 0.1) is 50.2 Å². The molecule has 0 aliphatic carbocycles. The SMILES string of the molecule is c1ccc(-c2ccc3c(c2)c2cc(-c4ccccc4)ccc2n3-c2ccc3c(c2)c2cc(-n4c5ccc(-c6ccccc6)cc5c5cc(-c6ccccc6)ccc54)ccc2n3-c2ccc3nc(-c4ccccc4)c(-c4ccccc4)n3c2)cc1. The first-order valence-corrected chi connectivity index (χ1v) is 28.8. The maximum Gasteiger partial charge on any atom is 0.138 e. The standard InChI is InChI=1S/C79H51N5/c1-7-19-52(20-8-1)58-31-38-71-65(45-58)66-46-59(53-21-9-2-10-22-53)32-39-72(66)82(71)62-35-42-75-69(49-62)70-50-63(83-73-40-33-60(54-23-11-3-12-24-54)47-67(73)68-48-61(34-41-74(68)83)55-25-13-4-14-26-55)36-43-76(70)84(75)64-37-44-77-80-78(56-27-15-5-16-28-56)79(81(77)51-64)57-29-17-6-18-30-57/h1-51H. The van der Waals surface area contributed by atoms with Gasteiger partial charge in [-0.2, -0.15) is 0 Å². The average molecular weight is 1070 g/mol. The van der Waals surface area contributed by atoms with Crippen LogP contribution in [0.5, 0.6) is 0 Å². The van der Waals surface area contributed by atoms with Gasteiger partial charge in [0.2, 0.25) is 0 Å².